The van der Waals surface area contributed by atoms with Crippen molar-refractivity contribution in [1.82, 2.24) is 19.9 Å². The Morgan fingerprint density at radius 2 is 1.90 bits per heavy atom. The zero-order chi connectivity index (χ0) is 15.1. The van der Waals surface area contributed by atoms with Gasteiger partial charge >= 0.3 is 6.01 Å². The normalized spacial score (nSPS) is 14.7. The van der Waals surface area contributed by atoms with Gasteiger partial charge in [0.1, 0.15) is 0 Å². The maximum atomic E-state index is 12.1. The predicted octanol–water partition coefficient (Wildman–Crippen LogP) is 0.736. The SMILES string of the molecule is CCOc1nc(NC)nc(NCC(=O)N2CCCCC2)n1. The summed E-state index contributed by atoms with van der Waals surface area (Å²) < 4.78 is 5.27. The third-order valence-corrected chi connectivity index (χ3v) is 3.22. The van der Waals surface area contributed by atoms with Crippen LogP contribution in [0.1, 0.15) is 26.2 Å². The number of carbonyl (C=O) groups excluding carboxylic acids is 1. The lowest BCUT2D eigenvalue weighted by atomic mass is 10.1. The van der Waals surface area contributed by atoms with Crippen LogP contribution in [0.15, 0.2) is 0 Å². The van der Waals surface area contributed by atoms with Gasteiger partial charge in [0.15, 0.2) is 0 Å². The van der Waals surface area contributed by atoms with E-state index >= 15 is 0 Å². The fourth-order valence-electron chi connectivity index (χ4n) is 2.15. The first-order valence-electron chi connectivity index (χ1n) is 7.31. The molecule has 0 radical (unpaired) electrons. The van der Waals surface area contributed by atoms with Gasteiger partial charge in [0, 0.05) is 20.1 Å². The lowest BCUT2D eigenvalue weighted by Crippen LogP contribution is -2.39. The summed E-state index contributed by atoms with van der Waals surface area (Å²) in [6, 6.07) is 0.241. The van der Waals surface area contributed by atoms with Crippen molar-refractivity contribution >= 4 is 17.8 Å². The van der Waals surface area contributed by atoms with Gasteiger partial charge in [0.2, 0.25) is 17.8 Å². The first kappa shape index (κ1) is 15.3. The van der Waals surface area contributed by atoms with E-state index in [9.17, 15) is 4.79 Å². The van der Waals surface area contributed by atoms with Crippen molar-refractivity contribution in [3.63, 3.8) is 0 Å². The van der Waals surface area contributed by atoms with Crippen LogP contribution in [0.25, 0.3) is 0 Å². The maximum Gasteiger partial charge on any atom is 0.323 e. The van der Waals surface area contributed by atoms with Gasteiger partial charge in [-0.3, -0.25) is 4.79 Å². The van der Waals surface area contributed by atoms with Crippen molar-refractivity contribution < 1.29 is 9.53 Å². The van der Waals surface area contributed by atoms with E-state index in [2.05, 4.69) is 25.6 Å². The highest BCUT2D eigenvalue weighted by molar-refractivity contribution is 5.80. The maximum absolute atomic E-state index is 12.1. The molecule has 1 fully saturated rings. The Balaban J connectivity index is 1.94. The molecule has 1 aromatic rings. The lowest BCUT2D eigenvalue weighted by molar-refractivity contribution is -0.130. The first-order chi connectivity index (χ1) is 10.2. The van der Waals surface area contributed by atoms with Gasteiger partial charge in [0.25, 0.3) is 0 Å². The number of likely N-dealkylation sites (tertiary alicyclic amines) is 1. The molecule has 0 spiro atoms. The molecule has 0 atom stereocenters. The van der Waals surface area contributed by atoms with Crippen molar-refractivity contribution in [3.05, 3.63) is 0 Å². The highest BCUT2D eigenvalue weighted by Crippen LogP contribution is 2.12. The highest BCUT2D eigenvalue weighted by Gasteiger charge is 2.16. The molecule has 0 aromatic carbocycles. The number of anilines is 2. The molecule has 0 unspecified atom stereocenters. The Hall–Kier alpha value is -2.12. The average Bonchev–Trinajstić information content (AvgIpc) is 2.53. The summed E-state index contributed by atoms with van der Waals surface area (Å²) >= 11 is 0. The fraction of sp³-hybridized carbons (Fsp3) is 0.692. The Morgan fingerprint density at radius 3 is 2.57 bits per heavy atom. The van der Waals surface area contributed by atoms with E-state index in [0.717, 1.165) is 25.9 Å². The molecule has 2 rings (SSSR count). The van der Waals surface area contributed by atoms with Crippen LogP contribution >= 0.6 is 0 Å². The second-order valence-corrected chi connectivity index (χ2v) is 4.74. The number of amides is 1. The first-order valence-corrected chi connectivity index (χ1v) is 7.31. The van der Waals surface area contributed by atoms with Crippen molar-refractivity contribution in [2.75, 3.05) is 43.9 Å². The molecule has 1 aliphatic heterocycles. The zero-order valence-electron chi connectivity index (χ0n) is 12.6. The van der Waals surface area contributed by atoms with Crippen LogP contribution in [-0.2, 0) is 4.79 Å². The molecule has 8 heteroatoms. The summed E-state index contributed by atoms with van der Waals surface area (Å²) in [5, 5.41) is 5.78. The van der Waals surface area contributed by atoms with E-state index in [4.69, 9.17) is 4.74 Å². The zero-order valence-corrected chi connectivity index (χ0v) is 12.6. The van der Waals surface area contributed by atoms with Gasteiger partial charge in [-0.25, -0.2) is 0 Å². The summed E-state index contributed by atoms with van der Waals surface area (Å²) in [5.41, 5.74) is 0. The Kier molecular flexibility index (Phi) is 5.53. The van der Waals surface area contributed by atoms with Crippen LogP contribution in [0.2, 0.25) is 0 Å². The molecule has 1 aliphatic rings. The van der Waals surface area contributed by atoms with Crippen molar-refractivity contribution in [2.24, 2.45) is 0 Å². The van der Waals surface area contributed by atoms with Crippen molar-refractivity contribution in [1.29, 1.82) is 0 Å². The van der Waals surface area contributed by atoms with Gasteiger partial charge in [-0.2, -0.15) is 15.0 Å². The second-order valence-electron chi connectivity index (χ2n) is 4.74. The Labute approximate surface area is 124 Å². The highest BCUT2D eigenvalue weighted by atomic mass is 16.5. The molecular weight excluding hydrogens is 272 g/mol. The number of hydrogen-bond acceptors (Lipinski definition) is 7. The van der Waals surface area contributed by atoms with Crippen LogP contribution < -0.4 is 15.4 Å². The van der Waals surface area contributed by atoms with Gasteiger partial charge in [-0.15, -0.1) is 0 Å². The summed E-state index contributed by atoms with van der Waals surface area (Å²) in [6.45, 7) is 4.18. The molecular formula is C13H22N6O2. The molecule has 1 amide bonds. The molecule has 21 heavy (non-hydrogen) atoms. The monoisotopic (exact) mass is 294 g/mol. The number of hydrogen-bond donors (Lipinski definition) is 2. The van der Waals surface area contributed by atoms with E-state index in [1.54, 1.807) is 7.05 Å². The number of ether oxygens (including phenoxy) is 1. The molecule has 0 saturated carbocycles. The number of nitrogens with zero attached hydrogens (tertiary/aromatic N) is 4. The Morgan fingerprint density at radius 1 is 1.19 bits per heavy atom. The minimum Gasteiger partial charge on any atom is -0.464 e. The van der Waals surface area contributed by atoms with Gasteiger partial charge in [-0.05, 0) is 26.2 Å². The molecule has 116 valence electrons. The number of aromatic nitrogens is 3. The summed E-state index contributed by atoms with van der Waals surface area (Å²) in [4.78, 5) is 26.3. The third kappa shape index (κ3) is 4.44. The van der Waals surface area contributed by atoms with Crippen LogP contribution in [-0.4, -0.2) is 59.0 Å². The Bertz CT molecular complexity index is 476. The topological polar surface area (TPSA) is 92.3 Å². The molecule has 1 aromatic heterocycles. The van der Waals surface area contributed by atoms with Crippen LogP contribution in [0.5, 0.6) is 6.01 Å². The molecule has 0 aliphatic carbocycles. The average molecular weight is 294 g/mol. The number of piperidine rings is 1. The largest absolute Gasteiger partial charge is 0.464 e. The molecule has 2 N–H and O–H groups in total. The summed E-state index contributed by atoms with van der Waals surface area (Å²) in [5.74, 6) is 0.809. The smallest absolute Gasteiger partial charge is 0.323 e. The van der Waals surface area contributed by atoms with E-state index in [1.165, 1.54) is 6.42 Å². The lowest BCUT2D eigenvalue weighted by Gasteiger charge is -2.26. The van der Waals surface area contributed by atoms with Crippen molar-refractivity contribution in [3.8, 4) is 6.01 Å². The van der Waals surface area contributed by atoms with E-state index in [0.29, 0.717) is 18.5 Å². The van der Waals surface area contributed by atoms with Crippen LogP contribution in [0.4, 0.5) is 11.9 Å². The fourth-order valence-corrected chi connectivity index (χ4v) is 2.15. The van der Waals surface area contributed by atoms with Crippen molar-refractivity contribution in [2.45, 2.75) is 26.2 Å². The number of nitrogens with one attached hydrogen (secondary N) is 2. The van der Waals surface area contributed by atoms with E-state index < -0.39 is 0 Å². The molecule has 8 nitrogen and oxygen atoms in total. The van der Waals surface area contributed by atoms with Gasteiger partial charge in [-0.1, -0.05) is 0 Å². The third-order valence-electron chi connectivity index (χ3n) is 3.22. The summed E-state index contributed by atoms with van der Waals surface area (Å²) in [6.07, 6.45) is 3.36. The van der Waals surface area contributed by atoms with Gasteiger partial charge < -0.3 is 20.3 Å². The van der Waals surface area contributed by atoms with E-state index in [-0.39, 0.29) is 18.5 Å². The van der Waals surface area contributed by atoms with Crippen LogP contribution in [0, 0.1) is 0 Å². The number of carbonyl (C=O) groups is 1. The van der Waals surface area contributed by atoms with Crippen LogP contribution in [0.3, 0.4) is 0 Å². The predicted molar refractivity (Wildman–Crippen MR) is 79.5 cm³/mol. The van der Waals surface area contributed by atoms with E-state index in [1.807, 2.05) is 11.8 Å². The molecule has 1 saturated heterocycles. The minimum atomic E-state index is 0.0686. The molecule has 2 heterocycles. The second kappa shape index (κ2) is 7.61. The minimum absolute atomic E-state index is 0.0686. The number of rotatable bonds is 6. The molecule has 0 bridgehead atoms. The standard InChI is InChI=1S/C13H22N6O2/c1-3-21-13-17-11(14-2)16-12(18-13)15-9-10(20)19-7-5-4-6-8-19/h3-9H2,1-2H3,(H2,14,15,16,17,18). The summed E-state index contributed by atoms with van der Waals surface area (Å²) in [7, 11) is 1.72. The quantitative estimate of drug-likeness (QED) is 0.799. The van der Waals surface area contributed by atoms with Gasteiger partial charge in [0.05, 0.1) is 13.2 Å².